The van der Waals surface area contributed by atoms with Crippen LogP contribution < -0.4 is 9.47 Å². The van der Waals surface area contributed by atoms with Crippen LogP contribution in [-0.4, -0.2) is 62.9 Å². The van der Waals surface area contributed by atoms with Crippen molar-refractivity contribution < 1.29 is 22.7 Å². The zero-order valence-corrected chi connectivity index (χ0v) is 15.5. The van der Waals surface area contributed by atoms with Crippen molar-refractivity contribution in [2.75, 3.05) is 39.4 Å². The normalized spacial score (nSPS) is 21.8. The summed E-state index contributed by atoms with van der Waals surface area (Å²) in [4.78, 5) is 14.7. The molecule has 142 valence electrons. The van der Waals surface area contributed by atoms with Crippen LogP contribution in [0, 0.1) is 5.92 Å². The van der Waals surface area contributed by atoms with Crippen molar-refractivity contribution in [3.63, 3.8) is 0 Å². The third kappa shape index (κ3) is 3.27. The minimum absolute atomic E-state index is 0.0557. The lowest BCUT2D eigenvalue weighted by Gasteiger charge is -2.32. The number of likely N-dealkylation sites (tertiary alicyclic amines) is 1. The lowest BCUT2D eigenvalue weighted by Crippen LogP contribution is -2.43. The first-order chi connectivity index (χ1) is 12.6. The van der Waals surface area contributed by atoms with Crippen molar-refractivity contribution in [1.29, 1.82) is 0 Å². The van der Waals surface area contributed by atoms with E-state index in [1.807, 2.05) is 4.90 Å². The maximum Gasteiger partial charge on any atom is 0.243 e. The summed E-state index contributed by atoms with van der Waals surface area (Å²) in [5.74, 6) is 1.18. The van der Waals surface area contributed by atoms with Crippen LogP contribution >= 0.6 is 0 Å². The Morgan fingerprint density at radius 3 is 2.31 bits per heavy atom. The number of rotatable bonds is 3. The van der Waals surface area contributed by atoms with Crippen LogP contribution in [0.1, 0.15) is 25.7 Å². The van der Waals surface area contributed by atoms with Gasteiger partial charge in [-0.05, 0) is 37.8 Å². The van der Waals surface area contributed by atoms with Gasteiger partial charge in [0.15, 0.2) is 11.5 Å². The molecule has 0 bridgehead atoms. The molecule has 1 amide bonds. The van der Waals surface area contributed by atoms with Crippen molar-refractivity contribution in [2.45, 2.75) is 30.6 Å². The maximum absolute atomic E-state index is 12.9. The van der Waals surface area contributed by atoms with E-state index in [9.17, 15) is 13.2 Å². The molecule has 26 heavy (non-hydrogen) atoms. The van der Waals surface area contributed by atoms with E-state index in [2.05, 4.69) is 0 Å². The van der Waals surface area contributed by atoms with Gasteiger partial charge in [0, 0.05) is 38.2 Å². The van der Waals surface area contributed by atoms with Gasteiger partial charge in [0.2, 0.25) is 15.9 Å². The molecule has 0 aromatic heterocycles. The average molecular weight is 380 g/mol. The minimum Gasteiger partial charge on any atom is -0.486 e. The van der Waals surface area contributed by atoms with E-state index in [1.165, 1.54) is 10.4 Å². The second-order valence-corrected chi connectivity index (χ2v) is 8.95. The summed E-state index contributed by atoms with van der Waals surface area (Å²) in [5, 5.41) is 0. The first kappa shape index (κ1) is 17.6. The number of carbonyl (C=O) groups excluding carboxylic acids is 1. The second kappa shape index (κ2) is 7.08. The van der Waals surface area contributed by atoms with E-state index < -0.39 is 10.0 Å². The Labute approximate surface area is 153 Å². The van der Waals surface area contributed by atoms with Gasteiger partial charge in [0.05, 0.1) is 4.90 Å². The third-order valence-corrected chi connectivity index (χ3v) is 7.27. The lowest BCUT2D eigenvalue weighted by molar-refractivity contribution is -0.135. The average Bonchev–Trinajstić information content (AvgIpc) is 3.22. The van der Waals surface area contributed by atoms with Crippen LogP contribution in [0.4, 0.5) is 0 Å². The molecule has 7 nitrogen and oxygen atoms in total. The van der Waals surface area contributed by atoms with Crippen LogP contribution in [0.5, 0.6) is 11.5 Å². The monoisotopic (exact) mass is 380 g/mol. The molecule has 0 spiro atoms. The van der Waals surface area contributed by atoms with Gasteiger partial charge >= 0.3 is 0 Å². The number of amides is 1. The molecule has 4 rings (SSSR count). The van der Waals surface area contributed by atoms with Gasteiger partial charge in [0.25, 0.3) is 0 Å². The van der Waals surface area contributed by atoms with Crippen molar-refractivity contribution in [3.8, 4) is 11.5 Å². The summed E-state index contributed by atoms with van der Waals surface area (Å²) < 4.78 is 38.3. The summed E-state index contributed by atoms with van der Waals surface area (Å²) in [6, 6.07) is 4.74. The van der Waals surface area contributed by atoms with Crippen LogP contribution in [0.2, 0.25) is 0 Å². The first-order valence-corrected chi connectivity index (χ1v) is 10.7. The number of hydrogen-bond acceptors (Lipinski definition) is 5. The van der Waals surface area contributed by atoms with Gasteiger partial charge in [-0.15, -0.1) is 0 Å². The van der Waals surface area contributed by atoms with E-state index in [0.717, 1.165) is 25.9 Å². The molecule has 3 heterocycles. The van der Waals surface area contributed by atoms with Crippen LogP contribution in [-0.2, 0) is 14.8 Å². The molecule has 1 aromatic rings. The van der Waals surface area contributed by atoms with Gasteiger partial charge in [-0.3, -0.25) is 4.79 Å². The fourth-order valence-electron chi connectivity index (χ4n) is 3.87. The summed E-state index contributed by atoms with van der Waals surface area (Å²) in [6.45, 7) is 3.32. The van der Waals surface area contributed by atoms with Crippen LogP contribution in [0.25, 0.3) is 0 Å². The quantitative estimate of drug-likeness (QED) is 0.794. The molecule has 0 saturated carbocycles. The van der Waals surface area contributed by atoms with Crippen molar-refractivity contribution in [3.05, 3.63) is 18.2 Å². The molecule has 0 aliphatic carbocycles. The number of piperidine rings is 1. The molecular formula is C18H24N2O5S. The van der Waals surface area contributed by atoms with Gasteiger partial charge in [-0.1, -0.05) is 0 Å². The van der Waals surface area contributed by atoms with Crippen molar-refractivity contribution >= 4 is 15.9 Å². The standard InChI is InChI=1S/C18H24N2O5S/c21-18(19-7-1-2-8-19)14-5-9-20(10-6-14)26(22,23)15-3-4-16-17(13-15)25-12-11-24-16/h3-4,13-14H,1-2,5-12H2. The molecule has 1 aromatic carbocycles. The minimum atomic E-state index is -3.59. The maximum atomic E-state index is 12.9. The summed E-state index contributed by atoms with van der Waals surface area (Å²) >= 11 is 0. The fourth-order valence-corrected chi connectivity index (χ4v) is 5.36. The zero-order chi connectivity index (χ0) is 18.1. The number of sulfonamides is 1. The Morgan fingerprint density at radius 1 is 0.962 bits per heavy atom. The van der Waals surface area contributed by atoms with Gasteiger partial charge in [-0.25, -0.2) is 8.42 Å². The van der Waals surface area contributed by atoms with Gasteiger partial charge in [-0.2, -0.15) is 4.31 Å². The Balaban J connectivity index is 1.44. The molecule has 2 saturated heterocycles. The highest BCUT2D eigenvalue weighted by atomic mass is 32.2. The smallest absolute Gasteiger partial charge is 0.243 e. The van der Waals surface area contributed by atoms with E-state index in [4.69, 9.17) is 9.47 Å². The summed E-state index contributed by atoms with van der Waals surface area (Å²) in [7, 11) is -3.59. The second-order valence-electron chi connectivity index (χ2n) is 7.02. The molecule has 0 atom stereocenters. The highest BCUT2D eigenvalue weighted by Crippen LogP contribution is 2.34. The SMILES string of the molecule is O=C(C1CCN(S(=O)(=O)c2ccc3c(c2)OCCO3)CC1)N1CCCC1. The molecular weight excluding hydrogens is 356 g/mol. The number of ether oxygens (including phenoxy) is 2. The zero-order valence-electron chi connectivity index (χ0n) is 14.7. The Hall–Kier alpha value is -1.80. The first-order valence-electron chi connectivity index (χ1n) is 9.24. The third-order valence-electron chi connectivity index (χ3n) is 5.37. The molecule has 0 radical (unpaired) electrons. The summed E-state index contributed by atoms with van der Waals surface area (Å²) in [5.41, 5.74) is 0. The van der Waals surface area contributed by atoms with Crippen LogP contribution in [0.15, 0.2) is 23.1 Å². The molecule has 3 aliphatic rings. The van der Waals surface area contributed by atoms with E-state index in [1.54, 1.807) is 12.1 Å². The van der Waals surface area contributed by atoms with Crippen LogP contribution in [0.3, 0.4) is 0 Å². The van der Waals surface area contributed by atoms with E-state index in [0.29, 0.717) is 50.6 Å². The molecule has 2 fully saturated rings. The Kier molecular flexibility index (Phi) is 4.79. The molecule has 0 unspecified atom stereocenters. The number of hydrogen-bond donors (Lipinski definition) is 0. The number of fused-ring (bicyclic) bond motifs is 1. The van der Waals surface area contributed by atoms with Gasteiger partial charge in [0.1, 0.15) is 13.2 Å². The van der Waals surface area contributed by atoms with E-state index in [-0.39, 0.29) is 16.7 Å². The van der Waals surface area contributed by atoms with E-state index >= 15 is 0 Å². The number of nitrogens with zero attached hydrogens (tertiary/aromatic N) is 2. The molecule has 8 heteroatoms. The number of benzene rings is 1. The fraction of sp³-hybridized carbons (Fsp3) is 0.611. The molecule has 3 aliphatic heterocycles. The van der Waals surface area contributed by atoms with Crippen molar-refractivity contribution in [2.24, 2.45) is 5.92 Å². The Morgan fingerprint density at radius 2 is 1.62 bits per heavy atom. The predicted octanol–water partition coefficient (Wildman–Crippen LogP) is 1.48. The lowest BCUT2D eigenvalue weighted by atomic mass is 9.97. The highest BCUT2D eigenvalue weighted by molar-refractivity contribution is 7.89. The van der Waals surface area contributed by atoms with Gasteiger partial charge < -0.3 is 14.4 Å². The summed E-state index contributed by atoms with van der Waals surface area (Å²) in [6.07, 6.45) is 3.31. The van der Waals surface area contributed by atoms with Crippen molar-refractivity contribution in [1.82, 2.24) is 9.21 Å². The highest BCUT2D eigenvalue weighted by Gasteiger charge is 2.34. The largest absolute Gasteiger partial charge is 0.486 e. The topological polar surface area (TPSA) is 76.2 Å². The number of carbonyl (C=O) groups is 1. The predicted molar refractivity (Wildman–Crippen MR) is 94.7 cm³/mol. The Bertz CT molecular complexity index is 781. The molecule has 0 N–H and O–H groups in total.